The van der Waals surface area contributed by atoms with E-state index < -0.39 is 28.0 Å². The summed E-state index contributed by atoms with van der Waals surface area (Å²) in [7, 11) is 0. The van der Waals surface area contributed by atoms with Crippen LogP contribution >= 0.6 is 23.1 Å². The molecule has 0 spiro atoms. The van der Waals surface area contributed by atoms with Crippen molar-refractivity contribution in [1.29, 1.82) is 0 Å². The van der Waals surface area contributed by atoms with Crippen molar-refractivity contribution in [2.75, 3.05) is 0 Å². The van der Waals surface area contributed by atoms with Crippen LogP contribution in [0.5, 0.6) is 0 Å². The summed E-state index contributed by atoms with van der Waals surface area (Å²) >= 11 is 2.00. The second-order valence-electron chi connectivity index (χ2n) is 3.17. The lowest BCUT2D eigenvalue weighted by Gasteiger charge is -2.03. The number of aromatic nitrogens is 2. The Morgan fingerprint density at radius 1 is 1.53 bits per heavy atom. The smallest absolute Gasteiger partial charge is 0.338 e. The van der Waals surface area contributed by atoms with E-state index in [1.165, 1.54) is 5.51 Å². The van der Waals surface area contributed by atoms with Crippen LogP contribution in [0.2, 0.25) is 0 Å². The lowest BCUT2D eigenvalue weighted by atomic mass is 10.2. The molecule has 19 heavy (non-hydrogen) atoms. The molecule has 1 aromatic heterocycles. The predicted octanol–water partition coefficient (Wildman–Crippen LogP) is 2.43. The number of nitro groups is 1. The molecule has 0 radical (unpaired) electrons. The van der Waals surface area contributed by atoms with E-state index in [9.17, 15) is 19.3 Å². The zero-order valence-corrected chi connectivity index (χ0v) is 10.6. The van der Waals surface area contributed by atoms with Crippen molar-refractivity contribution in [1.82, 2.24) is 10.2 Å². The average molecular weight is 301 g/mol. The Morgan fingerprint density at radius 3 is 2.79 bits per heavy atom. The van der Waals surface area contributed by atoms with Crippen molar-refractivity contribution >= 4 is 34.8 Å². The Bertz CT molecular complexity index is 647. The molecular weight excluding hydrogens is 297 g/mol. The summed E-state index contributed by atoms with van der Waals surface area (Å²) in [6.07, 6.45) is 0. The van der Waals surface area contributed by atoms with E-state index in [0.717, 1.165) is 29.2 Å². The normalized spacial score (nSPS) is 10.4. The van der Waals surface area contributed by atoms with Crippen molar-refractivity contribution in [3.8, 4) is 0 Å². The third-order valence-electron chi connectivity index (χ3n) is 2.01. The standard InChI is InChI=1S/C9H4FN3O4S2/c10-5-2-6(13(16)17)7(1-4(5)8(14)15)19-9-12-11-3-18-9/h1-3H,(H,14,15). The molecule has 0 atom stereocenters. The predicted molar refractivity (Wildman–Crippen MR) is 64.0 cm³/mol. The molecule has 0 aliphatic heterocycles. The molecule has 2 rings (SSSR count). The lowest BCUT2D eigenvalue weighted by molar-refractivity contribution is -0.387. The minimum Gasteiger partial charge on any atom is -0.478 e. The molecule has 1 N–H and O–H groups in total. The van der Waals surface area contributed by atoms with E-state index >= 15 is 0 Å². The first-order chi connectivity index (χ1) is 8.99. The number of rotatable bonds is 4. The molecule has 7 nitrogen and oxygen atoms in total. The Hall–Kier alpha value is -2.07. The highest BCUT2D eigenvalue weighted by atomic mass is 32.2. The van der Waals surface area contributed by atoms with Crippen LogP contribution in [0.4, 0.5) is 10.1 Å². The fraction of sp³-hybridized carbons (Fsp3) is 0. The third kappa shape index (κ3) is 2.85. The van der Waals surface area contributed by atoms with Gasteiger partial charge in [-0.1, -0.05) is 23.1 Å². The van der Waals surface area contributed by atoms with Gasteiger partial charge in [0.1, 0.15) is 11.3 Å². The lowest BCUT2D eigenvalue weighted by Crippen LogP contribution is -2.03. The molecule has 0 aliphatic rings. The first-order valence-electron chi connectivity index (χ1n) is 4.64. The van der Waals surface area contributed by atoms with E-state index in [-0.39, 0.29) is 4.90 Å². The van der Waals surface area contributed by atoms with Crippen LogP contribution in [-0.2, 0) is 0 Å². The van der Waals surface area contributed by atoms with E-state index in [0.29, 0.717) is 10.4 Å². The van der Waals surface area contributed by atoms with Gasteiger partial charge in [-0.25, -0.2) is 9.18 Å². The molecule has 10 heteroatoms. The molecule has 1 aromatic carbocycles. The summed E-state index contributed by atoms with van der Waals surface area (Å²) in [4.78, 5) is 20.9. The zero-order chi connectivity index (χ0) is 14.0. The number of halogens is 1. The number of carboxylic acids is 1. The van der Waals surface area contributed by atoms with Crippen molar-refractivity contribution in [2.45, 2.75) is 9.24 Å². The minimum atomic E-state index is -1.49. The van der Waals surface area contributed by atoms with Crippen molar-refractivity contribution in [3.63, 3.8) is 0 Å². The number of hydrogen-bond donors (Lipinski definition) is 1. The van der Waals surface area contributed by atoms with E-state index in [1.54, 1.807) is 0 Å². The Balaban J connectivity index is 2.52. The summed E-state index contributed by atoms with van der Waals surface area (Å²) in [6.45, 7) is 0. The number of carbonyl (C=O) groups is 1. The van der Waals surface area contributed by atoms with Crippen molar-refractivity contribution in [3.05, 3.63) is 39.1 Å². The maximum Gasteiger partial charge on any atom is 0.338 e. The van der Waals surface area contributed by atoms with Gasteiger partial charge in [0.15, 0.2) is 4.34 Å². The molecule has 0 saturated heterocycles. The van der Waals surface area contributed by atoms with Gasteiger partial charge in [0.2, 0.25) is 0 Å². The highest BCUT2D eigenvalue weighted by molar-refractivity contribution is 8.01. The van der Waals surface area contributed by atoms with Crippen LogP contribution in [0.1, 0.15) is 10.4 Å². The first-order valence-corrected chi connectivity index (χ1v) is 6.34. The van der Waals surface area contributed by atoms with Gasteiger partial charge < -0.3 is 5.11 Å². The van der Waals surface area contributed by atoms with Gasteiger partial charge in [-0.15, -0.1) is 10.2 Å². The molecule has 0 amide bonds. The van der Waals surface area contributed by atoms with Crippen molar-refractivity contribution < 1.29 is 19.2 Å². The summed E-state index contributed by atoms with van der Waals surface area (Å²) in [5, 5.41) is 26.9. The average Bonchev–Trinajstić information content (AvgIpc) is 2.83. The van der Waals surface area contributed by atoms with Crippen LogP contribution in [0.3, 0.4) is 0 Å². The zero-order valence-electron chi connectivity index (χ0n) is 8.94. The number of hydrogen-bond acceptors (Lipinski definition) is 7. The second-order valence-corrected chi connectivity index (χ2v) is 5.29. The maximum absolute atomic E-state index is 13.4. The van der Waals surface area contributed by atoms with E-state index in [2.05, 4.69) is 10.2 Å². The minimum absolute atomic E-state index is 0.000509. The van der Waals surface area contributed by atoms with Crippen LogP contribution in [0.15, 0.2) is 26.9 Å². The molecule has 0 fully saturated rings. The molecule has 1 heterocycles. The number of nitrogens with zero attached hydrogens (tertiary/aromatic N) is 3. The van der Waals surface area contributed by atoms with Gasteiger partial charge in [-0.05, 0) is 6.07 Å². The molecular formula is C9H4FN3O4S2. The highest BCUT2D eigenvalue weighted by Crippen LogP contribution is 2.36. The largest absolute Gasteiger partial charge is 0.478 e. The van der Waals surface area contributed by atoms with E-state index in [4.69, 9.17) is 5.11 Å². The maximum atomic E-state index is 13.4. The number of aromatic carboxylic acids is 1. The van der Waals surface area contributed by atoms with Gasteiger partial charge >= 0.3 is 5.97 Å². The first kappa shape index (κ1) is 13.4. The van der Waals surface area contributed by atoms with Crippen LogP contribution in [-0.4, -0.2) is 26.2 Å². The van der Waals surface area contributed by atoms with Gasteiger partial charge in [0, 0.05) is 0 Å². The summed E-state index contributed by atoms with van der Waals surface area (Å²) in [5.41, 5.74) is 0.288. The molecule has 0 unspecified atom stereocenters. The van der Waals surface area contributed by atoms with Gasteiger partial charge in [0.05, 0.1) is 21.4 Å². The highest BCUT2D eigenvalue weighted by Gasteiger charge is 2.23. The topological polar surface area (TPSA) is 106 Å². The monoisotopic (exact) mass is 301 g/mol. The van der Waals surface area contributed by atoms with E-state index in [1.807, 2.05) is 0 Å². The van der Waals surface area contributed by atoms with Gasteiger partial charge in [-0.2, -0.15) is 0 Å². The molecule has 0 bridgehead atoms. The molecule has 0 aliphatic carbocycles. The summed E-state index contributed by atoms with van der Waals surface area (Å²) in [5.74, 6) is -2.65. The molecule has 98 valence electrons. The number of carboxylic acid groups (broad SMARTS) is 1. The number of nitro benzene ring substituents is 1. The third-order valence-corrected chi connectivity index (χ3v) is 3.84. The fourth-order valence-corrected chi connectivity index (χ4v) is 2.79. The Kier molecular flexibility index (Phi) is 3.71. The molecule has 2 aromatic rings. The summed E-state index contributed by atoms with van der Waals surface area (Å²) < 4.78 is 13.8. The Labute approximate surface area is 113 Å². The fourth-order valence-electron chi connectivity index (χ4n) is 1.23. The quantitative estimate of drug-likeness (QED) is 0.682. The van der Waals surface area contributed by atoms with Gasteiger partial charge in [-0.3, -0.25) is 10.1 Å². The van der Waals surface area contributed by atoms with Crippen LogP contribution in [0.25, 0.3) is 0 Å². The Morgan fingerprint density at radius 2 is 2.26 bits per heavy atom. The van der Waals surface area contributed by atoms with Crippen LogP contribution < -0.4 is 0 Å². The van der Waals surface area contributed by atoms with Crippen LogP contribution in [0, 0.1) is 15.9 Å². The number of benzene rings is 1. The summed E-state index contributed by atoms with van der Waals surface area (Å²) in [6, 6.07) is 1.51. The van der Waals surface area contributed by atoms with Gasteiger partial charge in [0.25, 0.3) is 5.69 Å². The SMILES string of the molecule is O=C(O)c1cc(Sc2nncs2)c([N+](=O)[O-])cc1F. The molecule has 0 saturated carbocycles. The van der Waals surface area contributed by atoms with Crippen molar-refractivity contribution in [2.24, 2.45) is 0 Å². The second kappa shape index (κ2) is 5.28.